The Morgan fingerprint density at radius 3 is 2.53 bits per heavy atom. The number of nitrogens with zero attached hydrogens (tertiary/aromatic N) is 1. The predicted octanol–water partition coefficient (Wildman–Crippen LogP) is 1.51. The molecule has 94 valence electrons. The van der Waals surface area contributed by atoms with Crippen molar-refractivity contribution in [1.82, 2.24) is 4.90 Å². The molecule has 2 rings (SSSR count). The maximum absolute atomic E-state index is 12.4. The van der Waals surface area contributed by atoms with Crippen molar-refractivity contribution in [2.75, 3.05) is 6.54 Å². The molecule has 0 aliphatic carbocycles. The highest BCUT2D eigenvalue weighted by Crippen LogP contribution is 2.45. The van der Waals surface area contributed by atoms with E-state index >= 15 is 0 Å². The molecular formula is C13H19NO3. The van der Waals surface area contributed by atoms with Crippen LogP contribution in [0, 0.1) is 5.41 Å². The van der Waals surface area contributed by atoms with Crippen LogP contribution in [0.1, 0.15) is 33.1 Å². The van der Waals surface area contributed by atoms with Gasteiger partial charge in [0, 0.05) is 13.0 Å². The monoisotopic (exact) mass is 237 g/mol. The Hall–Kier alpha value is -1.16. The van der Waals surface area contributed by atoms with Gasteiger partial charge in [-0.25, -0.2) is 0 Å². The largest absolute Gasteiger partial charge is 0.375 e. The fraction of sp³-hybridized carbons (Fsp3) is 0.692. The zero-order valence-electron chi connectivity index (χ0n) is 10.4. The van der Waals surface area contributed by atoms with Gasteiger partial charge in [-0.15, -0.1) is 6.58 Å². The Kier molecular flexibility index (Phi) is 3.08. The number of carbonyl (C=O) groups is 2. The molecule has 0 bridgehead atoms. The summed E-state index contributed by atoms with van der Waals surface area (Å²) in [7, 11) is 0. The highest BCUT2D eigenvalue weighted by atomic mass is 16.5. The van der Waals surface area contributed by atoms with E-state index in [2.05, 4.69) is 6.58 Å². The van der Waals surface area contributed by atoms with E-state index in [1.165, 1.54) is 4.90 Å². The van der Waals surface area contributed by atoms with Crippen LogP contribution in [0.3, 0.4) is 0 Å². The summed E-state index contributed by atoms with van der Waals surface area (Å²) >= 11 is 0. The fourth-order valence-corrected chi connectivity index (χ4v) is 3.17. The fourth-order valence-electron chi connectivity index (χ4n) is 3.17. The number of carbonyl (C=O) groups excluding carboxylic acids is 2. The number of hydrogen-bond acceptors (Lipinski definition) is 3. The summed E-state index contributed by atoms with van der Waals surface area (Å²) in [5.41, 5.74) is -0.517. The number of imide groups is 1. The number of hydrogen-bond donors (Lipinski definition) is 0. The first-order valence-corrected chi connectivity index (χ1v) is 6.10. The Morgan fingerprint density at radius 2 is 2.00 bits per heavy atom. The summed E-state index contributed by atoms with van der Waals surface area (Å²) in [6, 6.07) is 0. The minimum Gasteiger partial charge on any atom is -0.375 e. The van der Waals surface area contributed by atoms with Gasteiger partial charge in [0.15, 0.2) is 0 Å². The molecule has 4 heteroatoms. The third kappa shape index (κ3) is 2.02. The Morgan fingerprint density at radius 1 is 1.41 bits per heavy atom. The summed E-state index contributed by atoms with van der Waals surface area (Å²) in [5, 5.41) is 0. The zero-order valence-corrected chi connectivity index (χ0v) is 10.4. The zero-order chi connectivity index (χ0) is 12.6. The molecule has 2 aliphatic heterocycles. The van der Waals surface area contributed by atoms with Crippen LogP contribution in [0.15, 0.2) is 12.7 Å². The first kappa shape index (κ1) is 12.3. The second kappa shape index (κ2) is 4.26. The maximum atomic E-state index is 12.4. The normalized spacial score (nSPS) is 37.9. The lowest BCUT2D eigenvalue weighted by molar-refractivity contribution is -0.149. The molecule has 2 aliphatic rings. The van der Waals surface area contributed by atoms with Crippen LogP contribution in [0.2, 0.25) is 0 Å². The standard InChI is InChI=1S/C13H19NO3/c1-4-5-14-11(15)8-13(12(14)16)6-9(2)17-10(3)7-13/h4,9-10H,1,5-8H2,2-3H3/t9-,10-/m1/s1. The molecular weight excluding hydrogens is 218 g/mol. The predicted molar refractivity (Wildman–Crippen MR) is 63.2 cm³/mol. The quantitative estimate of drug-likeness (QED) is 0.540. The van der Waals surface area contributed by atoms with Gasteiger partial charge in [-0.2, -0.15) is 0 Å². The molecule has 0 aromatic carbocycles. The van der Waals surface area contributed by atoms with Crippen LogP contribution in [-0.4, -0.2) is 35.5 Å². The highest BCUT2D eigenvalue weighted by Gasteiger charge is 2.54. The van der Waals surface area contributed by atoms with Crippen molar-refractivity contribution in [3.8, 4) is 0 Å². The van der Waals surface area contributed by atoms with E-state index in [4.69, 9.17) is 4.74 Å². The number of ether oxygens (including phenoxy) is 1. The summed E-state index contributed by atoms with van der Waals surface area (Å²) < 4.78 is 5.65. The van der Waals surface area contributed by atoms with Gasteiger partial charge in [-0.05, 0) is 26.7 Å². The summed E-state index contributed by atoms with van der Waals surface area (Å²) in [6.45, 7) is 7.84. The summed E-state index contributed by atoms with van der Waals surface area (Å²) in [6.07, 6.45) is 3.31. The van der Waals surface area contributed by atoms with Crippen molar-refractivity contribution in [3.63, 3.8) is 0 Å². The third-order valence-electron chi connectivity index (χ3n) is 3.62. The van der Waals surface area contributed by atoms with E-state index in [1.54, 1.807) is 6.08 Å². The van der Waals surface area contributed by atoms with Crippen molar-refractivity contribution in [2.24, 2.45) is 5.41 Å². The van der Waals surface area contributed by atoms with Gasteiger partial charge < -0.3 is 4.74 Å². The molecule has 0 unspecified atom stereocenters. The van der Waals surface area contributed by atoms with E-state index in [0.29, 0.717) is 25.8 Å². The lowest BCUT2D eigenvalue weighted by Gasteiger charge is -2.38. The van der Waals surface area contributed by atoms with Gasteiger partial charge in [0.25, 0.3) is 0 Å². The van der Waals surface area contributed by atoms with Crippen molar-refractivity contribution < 1.29 is 14.3 Å². The molecule has 2 heterocycles. The van der Waals surface area contributed by atoms with Gasteiger partial charge >= 0.3 is 0 Å². The van der Waals surface area contributed by atoms with Crippen LogP contribution in [0.25, 0.3) is 0 Å². The highest BCUT2D eigenvalue weighted by molar-refractivity contribution is 6.06. The molecule has 4 nitrogen and oxygen atoms in total. The van der Waals surface area contributed by atoms with Gasteiger partial charge in [0.1, 0.15) is 0 Å². The SMILES string of the molecule is C=CCN1C(=O)CC2(C[C@@H](C)O[C@H](C)C2)C1=O. The second-order valence-electron chi connectivity index (χ2n) is 5.22. The van der Waals surface area contributed by atoms with E-state index < -0.39 is 5.41 Å². The van der Waals surface area contributed by atoms with E-state index in [9.17, 15) is 9.59 Å². The Bertz CT molecular complexity index is 354. The smallest absolute Gasteiger partial charge is 0.236 e. The molecule has 2 atom stereocenters. The van der Waals surface area contributed by atoms with Crippen LogP contribution in [-0.2, 0) is 14.3 Å². The van der Waals surface area contributed by atoms with Crippen LogP contribution in [0.4, 0.5) is 0 Å². The lowest BCUT2D eigenvalue weighted by atomic mass is 9.74. The first-order valence-electron chi connectivity index (χ1n) is 6.10. The van der Waals surface area contributed by atoms with E-state index in [1.807, 2.05) is 13.8 Å². The molecule has 0 aromatic rings. The van der Waals surface area contributed by atoms with Crippen molar-refractivity contribution in [3.05, 3.63) is 12.7 Å². The second-order valence-corrected chi connectivity index (χ2v) is 5.22. The van der Waals surface area contributed by atoms with Gasteiger partial charge in [0.05, 0.1) is 17.6 Å². The first-order chi connectivity index (χ1) is 7.98. The number of likely N-dealkylation sites (tertiary alicyclic amines) is 1. The van der Waals surface area contributed by atoms with Crippen molar-refractivity contribution in [1.29, 1.82) is 0 Å². The van der Waals surface area contributed by atoms with Crippen LogP contribution >= 0.6 is 0 Å². The molecule has 2 amide bonds. The van der Waals surface area contributed by atoms with Crippen LogP contribution in [0.5, 0.6) is 0 Å². The minimum atomic E-state index is -0.517. The summed E-state index contributed by atoms with van der Waals surface area (Å²) in [5.74, 6) is -0.111. The molecule has 1 spiro atoms. The molecule has 0 radical (unpaired) electrons. The van der Waals surface area contributed by atoms with E-state index in [-0.39, 0.29) is 24.0 Å². The van der Waals surface area contributed by atoms with Crippen molar-refractivity contribution in [2.45, 2.75) is 45.3 Å². The third-order valence-corrected chi connectivity index (χ3v) is 3.62. The number of rotatable bonds is 2. The van der Waals surface area contributed by atoms with Crippen LogP contribution < -0.4 is 0 Å². The average Bonchev–Trinajstić information content (AvgIpc) is 2.41. The lowest BCUT2D eigenvalue weighted by Crippen LogP contribution is -2.44. The molecule has 17 heavy (non-hydrogen) atoms. The Labute approximate surface area is 102 Å². The molecule has 2 fully saturated rings. The van der Waals surface area contributed by atoms with Crippen molar-refractivity contribution >= 4 is 11.8 Å². The molecule has 2 saturated heterocycles. The summed E-state index contributed by atoms with van der Waals surface area (Å²) in [4.78, 5) is 25.6. The molecule has 0 saturated carbocycles. The van der Waals surface area contributed by atoms with Gasteiger partial charge in [0.2, 0.25) is 11.8 Å². The minimum absolute atomic E-state index is 0.0376. The average molecular weight is 237 g/mol. The molecule has 0 N–H and O–H groups in total. The molecule has 0 aromatic heterocycles. The number of amides is 2. The van der Waals surface area contributed by atoms with Gasteiger partial charge in [-0.3, -0.25) is 14.5 Å². The van der Waals surface area contributed by atoms with Gasteiger partial charge in [-0.1, -0.05) is 6.08 Å². The Balaban J connectivity index is 2.24. The van der Waals surface area contributed by atoms with E-state index in [0.717, 1.165) is 0 Å². The maximum Gasteiger partial charge on any atom is 0.236 e. The topological polar surface area (TPSA) is 46.6 Å².